The van der Waals surface area contributed by atoms with Crippen LogP contribution in [-0.4, -0.2) is 33.4 Å². The Hall–Kier alpha value is -2.02. The number of rotatable bonds is 4. The van der Waals surface area contributed by atoms with Crippen molar-refractivity contribution < 1.29 is 9.53 Å². The van der Waals surface area contributed by atoms with Crippen molar-refractivity contribution in [3.63, 3.8) is 0 Å². The number of aryl methyl sites for hydroxylation is 2. The molecule has 122 valence electrons. The summed E-state index contributed by atoms with van der Waals surface area (Å²) < 4.78 is 9.46. The number of carbonyl (C=O) groups is 1. The number of ether oxygens (including phenoxy) is 1. The zero-order valence-electron chi connectivity index (χ0n) is 13.4. The van der Waals surface area contributed by atoms with E-state index in [9.17, 15) is 4.79 Å². The molecular formula is C16H20N4O2S. The van der Waals surface area contributed by atoms with Gasteiger partial charge in [0.05, 0.1) is 17.0 Å². The fourth-order valence-electron chi connectivity index (χ4n) is 2.63. The summed E-state index contributed by atoms with van der Waals surface area (Å²) in [7, 11) is 0. The Balaban J connectivity index is 1.69. The summed E-state index contributed by atoms with van der Waals surface area (Å²) in [5.41, 5.74) is 2.84. The van der Waals surface area contributed by atoms with E-state index in [1.165, 1.54) is 30.8 Å². The third-order valence-electron chi connectivity index (χ3n) is 3.86. The molecule has 0 aromatic carbocycles. The van der Waals surface area contributed by atoms with Gasteiger partial charge in [-0.1, -0.05) is 0 Å². The van der Waals surface area contributed by atoms with E-state index in [1.54, 1.807) is 12.3 Å². The molecule has 2 aromatic rings. The van der Waals surface area contributed by atoms with Gasteiger partial charge in [0.2, 0.25) is 5.95 Å². The first-order valence-corrected chi connectivity index (χ1v) is 8.65. The Morgan fingerprint density at radius 2 is 2.04 bits per heavy atom. The minimum Gasteiger partial charge on any atom is -0.456 e. The van der Waals surface area contributed by atoms with Crippen molar-refractivity contribution in [3.8, 4) is 0 Å². The molecule has 1 aliphatic rings. The summed E-state index contributed by atoms with van der Waals surface area (Å²) in [5.74, 6) is 0.385. The highest BCUT2D eigenvalue weighted by molar-refractivity contribution is 7.03. The summed E-state index contributed by atoms with van der Waals surface area (Å²) in [4.78, 5) is 23.3. The second kappa shape index (κ2) is 7.04. The zero-order chi connectivity index (χ0) is 16.2. The van der Waals surface area contributed by atoms with E-state index in [2.05, 4.69) is 19.2 Å². The van der Waals surface area contributed by atoms with Gasteiger partial charge >= 0.3 is 5.97 Å². The first-order chi connectivity index (χ1) is 11.1. The molecule has 3 heterocycles. The average molecular weight is 332 g/mol. The van der Waals surface area contributed by atoms with E-state index < -0.39 is 0 Å². The normalized spacial score (nSPS) is 14.8. The standard InChI is InChI=1S/C16H20N4O2S/c1-11-8-13(9-22-15(21)14-10-23-19-12(14)2)18-16(17-11)20-6-4-3-5-7-20/h8,10H,3-7,9H2,1-2H3. The highest BCUT2D eigenvalue weighted by Gasteiger charge is 2.16. The van der Waals surface area contributed by atoms with Crippen LogP contribution < -0.4 is 4.90 Å². The van der Waals surface area contributed by atoms with Crippen LogP contribution >= 0.6 is 11.5 Å². The number of carbonyl (C=O) groups excluding carboxylic acids is 1. The van der Waals surface area contributed by atoms with Crippen LogP contribution in [0.4, 0.5) is 5.95 Å². The van der Waals surface area contributed by atoms with Gasteiger partial charge < -0.3 is 9.64 Å². The Morgan fingerprint density at radius 3 is 2.74 bits per heavy atom. The number of aromatic nitrogens is 3. The van der Waals surface area contributed by atoms with Crippen molar-refractivity contribution in [2.75, 3.05) is 18.0 Å². The molecule has 1 aliphatic heterocycles. The van der Waals surface area contributed by atoms with Gasteiger partial charge in [0.25, 0.3) is 0 Å². The largest absolute Gasteiger partial charge is 0.456 e. The minimum atomic E-state index is -0.355. The van der Waals surface area contributed by atoms with Crippen LogP contribution in [0, 0.1) is 13.8 Å². The number of anilines is 1. The van der Waals surface area contributed by atoms with Crippen molar-refractivity contribution in [3.05, 3.63) is 34.1 Å². The smallest absolute Gasteiger partial charge is 0.341 e. The van der Waals surface area contributed by atoms with Gasteiger partial charge in [0.15, 0.2) is 0 Å². The summed E-state index contributed by atoms with van der Waals surface area (Å²) in [5, 5.41) is 1.71. The Kier molecular flexibility index (Phi) is 4.85. The molecule has 0 atom stereocenters. The molecule has 3 rings (SSSR count). The molecule has 7 heteroatoms. The lowest BCUT2D eigenvalue weighted by Crippen LogP contribution is -2.31. The van der Waals surface area contributed by atoms with Crippen LogP contribution in [0.25, 0.3) is 0 Å². The summed E-state index contributed by atoms with van der Waals surface area (Å²) >= 11 is 1.26. The molecule has 1 fully saturated rings. The van der Waals surface area contributed by atoms with Crippen molar-refractivity contribution >= 4 is 23.5 Å². The van der Waals surface area contributed by atoms with Crippen LogP contribution in [0.3, 0.4) is 0 Å². The highest BCUT2D eigenvalue weighted by atomic mass is 32.1. The molecule has 6 nitrogen and oxygen atoms in total. The topological polar surface area (TPSA) is 68.2 Å². The Labute approximate surface area is 139 Å². The maximum Gasteiger partial charge on any atom is 0.341 e. The molecule has 0 amide bonds. The predicted octanol–water partition coefficient (Wildman–Crippen LogP) is 2.90. The third-order valence-corrected chi connectivity index (χ3v) is 4.58. The lowest BCUT2D eigenvalue weighted by Gasteiger charge is -2.27. The van der Waals surface area contributed by atoms with Gasteiger partial charge in [0, 0.05) is 24.2 Å². The number of hydrogen-bond donors (Lipinski definition) is 0. The number of hydrogen-bond acceptors (Lipinski definition) is 7. The second-order valence-electron chi connectivity index (χ2n) is 5.74. The van der Waals surface area contributed by atoms with Crippen molar-refractivity contribution in [2.45, 2.75) is 39.7 Å². The van der Waals surface area contributed by atoms with E-state index in [4.69, 9.17) is 4.74 Å². The van der Waals surface area contributed by atoms with Crippen LogP contribution in [0.2, 0.25) is 0 Å². The lowest BCUT2D eigenvalue weighted by atomic mass is 10.1. The first-order valence-electron chi connectivity index (χ1n) is 7.81. The average Bonchev–Trinajstić information content (AvgIpc) is 2.99. The molecular weight excluding hydrogens is 312 g/mol. The Morgan fingerprint density at radius 1 is 1.26 bits per heavy atom. The van der Waals surface area contributed by atoms with Gasteiger partial charge in [-0.2, -0.15) is 4.37 Å². The molecule has 0 aliphatic carbocycles. The third kappa shape index (κ3) is 3.85. The number of nitrogens with zero attached hydrogens (tertiary/aromatic N) is 4. The van der Waals surface area contributed by atoms with E-state index >= 15 is 0 Å². The van der Waals surface area contributed by atoms with Crippen LogP contribution in [0.1, 0.15) is 46.7 Å². The second-order valence-corrected chi connectivity index (χ2v) is 6.37. The van der Waals surface area contributed by atoms with Gasteiger partial charge in [0.1, 0.15) is 6.61 Å². The lowest BCUT2D eigenvalue weighted by molar-refractivity contribution is 0.0467. The molecule has 0 radical (unpaired) electrons. The van der Waals surface area contributed by atoms with E-state index in [0.717, 1.165) is 30.4 Å². The van der Waals surface area contributed by atoms with Crippen molar-refractivity contribution in [1.29, 1.82) is 0 Å². The maximum absolute atomic E-state index is 12.1. The fourth-order valence-corrected chi connectivity index (χ4v) is 3.31. The molecule has 0 bridgehead atoms. The van der Waals surface area contributed by atoms with Gasteiger partial charge in [-0.05, 0) is 50.7 Å². The highest BCUT2D eigenvalue weighted by Crippen LogP contribution is 2.17. The number of esters is 1. The number of piperidine rings is 1. The van der Waals surface area contributed by atoms with Crippen molar-refractivity contribution in [1.82, 2.24) is 14.3 Å². The van der Waals surface area contributed by atoms with E-state index in [1.807, 2.05) is 13.0 Å². The van der Waals surface area contributed by atoms with Gasteiger partial charge in [-0.3, -0.25) is 0 Å². The SMILES string of the molecule is Cc1cc(COC(=O)c2csnc2C)nc(N2CCCCC2)n1. The van der Waals surface area contributed by atoms with Crippen LogP contribution in [0.5, 0.6) is 0 Å². The fraction of sp³-hybridized carbons (Fsp3) is 0.500. The quantitative estimate of drug-likeness (QED) is 0.802. The molecule has 23 heavy (non-hydrogen) atoms. The Bertz CT molecular complexity index is 695. The molecule has 2 aromatic heterocycles. The maximum atomic E-state index is 12.1. The van der Waals surface area contributed by atoms with Crippen LogP contribution in [0.15, 0.2) is 11.4 Å². The molecule has 1 saturated heterocycles. The summed E-state index contributed by atoms with van der Waals surface area (Å²) in [6.07, 6.45) is 3.61. The molecule has 0 saturated carbocycles. The van der Waals surface area contributed by atoms with Crippen LogP contribution in [-0.2, 0) is 11.3 Å². The van der Waals surface area contributed by atoms with Crippen molar-refractivity contribution in [2.24, 2.45) is 0 Å². The first kappa shape index (κ1) is 15.9. The minimum absolute atomic E-state index is 0.151. The van der Waals surface area contributed by atoms with Gasteiger partial charge in [-0.25, -0.2) is 14.8 Å². The monoisotopic (exact) mass is 332 g/mol. The molecule has 0 N–H and O–H groups in total. The molecule has 0 spiro atoms. The molecule has 0 unspecified atom stereocenters. The summed E-state index contributed by atoms with van der Waals surface area (Å²) in [6, 6.07) is 1.86. The van der Waals surface area contributed by atoms with Gasteiger partial charge in [-0.15, -0.1) is 0 Å². The van der Waals surface area contributed by atoms with E-state index in [0.29, 0.717) is 11.3 Å². The van der Waals surface area contributed by atoms with E-state index in [-0.39, 0.29) is 12.6 Å². The summed E-state index contributed by atoms with van der Waals surface area (Å²) in [6.45, 7) is 5.87. The predicted molar refractivity (Wildman–Crippen MR) is 88.8 cm³/mol. The zero-order valence-corrected chi connectivity index (χ0v) is 14.2.